The molecule has 0 aromatic heterocycles. The van der Waals surface area contributed by atoms with E-state index in [1.807, 2.05) is 32.0 Å². The number of aryl methyl sites for hydroxylation is 3. The van der Waals surface area contributed by atoms with Gasteiger partial charge in [0.25, 0.3) is 5.91 Å². The molecule has 26 heavy (non-hydrogen) atoms. The topological polar surface area (TPSA) is 66.5 Å². The van der Waals surface area contributed by atoms with Gasteiger partial charge in [-0.15, -0.1) is 0 Å². The predicted molar refractivity (Wildman–Crippen MR) is 103 cm³/mol. The SMILES string of the molecule is Cc1cc(C)cc(NC(=O)c2ccc(C)c(S(=O)(=O)N3CCCC3)c2)c1. The highest BCUT2D eigenvalue weighted by Gasteiger charge is 2.29. The van der Waals surface area contributed by atoms with Gasteiger partial charge in [0.15, 0.2) is 0 Å². The molecular weight excluding hydrogens is 348 g/mol. The molecule has 1 saturated heterocycles. The first-order chi connectivity index (χ1) is 12.3. The highest BCUT2D eigenvalue weighted by Crippen LogP contribution is 2.25. The lowest BCUT2D eigenvalue weighted by Gasteiger charge is -2.18. The van der Waals surface area contributed by atoms with Crippen molar-refractivity contribution in [1.29, 1.82) is 0 Å². The molecule has 2 aromatic carbocycles. The molecule has 1 fully saturated rings. The van der Waals surface area contributed by atoms with Crippen molar-refractivity contribution in [1.82, 2.24) is 4.31 Å². The smallest absolute Gasteiger partial charge is 0.255 e. The van der Waals surface area contributed by atoms with Crippen molar-refractivity contribution in [2.24, 2.45) is 0 Å². The van der Waals surface area contributed by atoms with E-state index in [-0.39, 0.29) is 10.8 Å². The molecule has 0 radical (unpaired) electrons. The molecule has 1 heterocycles. The molecule has 138 valence electrons. The largest absolute Gasteiger partial charge is 0.322 e. The Labute approximate surface area is 155 Å². The average Bonchev–Trinajstić information content (AvgIpc) is 3.09. The normalized spacial score (nSPS) is 15.2. The number of nitrogens with one attached hydrogen (secondary N) is 1. The number of benzene rings is 2. The first kappa shape index (κ1) is 18.6. The summed E-state index contributed by atoms with van der Waals surface area (Å²) in [5, 5.41) is 2.86. The third-order valence-corrected chi connectivity index (χ3v) is 6.65. The van der Waals surface area contributed by atoms with E-state index >= 15 is 0 Å². The van der Waals surface area contributed by atoms with Crippen LogP contribution in [0.1, 0.15) is 39.9 Å². The summed E-state index contributed by atoms with van der Waals surface area (Å²) in [7, 11) is -3.56. The second-order valence-corrected chi connectivity index (χ2v) is 8.83. The van der Waals surface area contributed by atoms with E-state index in [4.69, 9.17) is 0 Å². The second kappa shape index (κ2) is 7.21. The van der Waals surface area contributed by atoms with Gasteiger partial charge in [0.05, 0.1) is 4.90 Å². The fraction of sp³-hybridized carbons (Fsp3) is 0.350. The van der Waals surface area contributed by atoms with Crippen molar-refractivity contribution in [2.75, 3.05) is 18.4 Å². The number of carbonyl (C=O) groups excluding carboxylic acids is 1. The minimum absolute atomic E-state index is 0.215. The van der Waals surface area contributed by atoms with E-state index in [0.717, 1.165) is 24.0 Å². The van der Waals surface area contributed by atoms with E-state index in [1.54, 1.807) is 19.1 Å². The summed E-state index contributed by atoms with van der Waals surface area (Å²) in [4.78, 5) is 12.8. The van der Waals surface area contributed by atoms with Crippen LogP contribution in [0.4, 0.5) is 5.69 Å². The van der Waals surface area contributed by atoms with Crippen LogP contribution in [0.5, 0.6) is 0 Å². The highest BCUT2D eigenvalue weighted by molar-refractivity contribution is 7.89. The lowest BCUT2D eigenvalue weighted by atomic mass is 10.1. The average molecular weight is 372 g/mol. The molecule has 0 aliphatic carbocycles. The van der Waals surface area contributed by atoms with Crippen molar-refractivity contribution in [3.05, 3.63) is 58.7 Å². The van der Waals surface area contributed by atoms with Crippen LogP contribution in [0.15, 0.2) is 41.3 Å². The summed E-state index contributed by atoms with van der Waals surface area (Å²) in [5.74, 6) is -0.312. The fourth-order valence-electron chi connectivity index (χ4n) is 3.34. The Hall–Kier alpha value is -2.18. The first-order valence-corrected chi connectivity index (χ1v) is 10.2. The number of carbonyl (C=O) groups is 1. The van der Waals surface area contributed by atoms with E-state index < -0.39 is 10.0 Å². The van der Waals surface area contributed by atoms with Gasteiger partial charge in [-0.2, -0.15) is 4.31 Å². The Bertz CT molecular complexity index is 925. The zero-order valence-corrected chi connectivity index (χ0v) is 16.2. The highest BCUT2D eigenvalue weighted by atomic mass is 32.2. The van der Waals surface area contributed by atoms with Crippen LogP contribution in [0.2, 0.25) is 0 Å². The monoisotopic (exact) mass is 372 g/mol. The summed E-state index contributed by atoms with van der Waals surface area (Å²) in [6, 6.07) is 10.7. The standard InChI is InChI=1S/C20H24N2O3S/c1-14-10-15(2)12-18(11-14)21-20(23)17-7-6-16(3)19(13-17)26(24,25)22-8-4-5-9-22/h6-7,10-13H,4-5,8-9H2,1-3H3,(H,21,23). The molecule has 3 rings (SSSR count). The number of sulfonamides is 1. The summed E-state index contributed by atoms with van der Waals surface area (Å²) in [6.07, 6.45) is 1.76. The molecule has 0 saturated carbocycles. The number of hydrogen-bond acceptors (Lipinski definition) is 3. The minimum atomic E-state index is -3.56. The molecule has 0 atom stereocenters. The first-order valence-electron chi connectivity index (χ1n) is 8.78. The zero-order valence-electron chi connectivity index (χ0n) is 15.4. The van der Waals surface area contributed by atoms with Crippen LogP contribution < -0.4 is 5.32 Å². The van der Waals surface area contributed by atoms with E-state index in [2.05, 4.69) is 5.32 Å². The van der Waals surface area contributed by atoms with Crippen molar-refractivity contribution in [2.45, 2.75) is 38.5 Å². The molecule has 6 heteroatoms. The maximum atomic E-state index is 12.9. The van der Waals surface area contributed by atoms with Crippen LogP contribution in [0.25, 0.3) is 0 Å². The van der Waals surface area contributed by atoms with Gasteiger partial charge in [-0.05, 0) is 74.6 Å². The Morgan fingerprint density at radius 3 is 2.19 bits per heavy atom. The van der Waals surface area contributed by atoms with Crippen molar-refractivity contribution in [3.63, 3.8) is 0 Å². The van der Waals surface area contributed by atoms with Gasteiger partial charge < -0.3 is 5.32 Å². The number of anilines is 1. The van der Waals surface area contributed by atoms with Crippen LogP contribution in [0.3, 0.4) is 0 Å². The number of nitrogens with zero attached hydrogens (tertiary/aromatic N) is 1. The van der Waals surface area contributed by atoms with Crippen LogP contribution >= 0.6 is 0 Å². The molecule has 0 spiro atoms. The molecule has 1 aliphatic heterocycles. The van der Waals surface area contributed by atoms with Crippen LogP contribution in [0, 0.1) is 20.8 Å². The maximum Gasteiger partial charge on any atom is 0.255 e. The minimum Gasteiger partial charge on any atom is -0.322 e. The molecule has 1 aliphatic rings. The molecule has 1 amide bonds. The lowest BCUT2D eigenvalue weighted by molar-refractivity contribution is 0.102. The maximum absolute atomic E-state index is 12.9. The predicted octanol–water partition coefficient (Wildman–Crippen LogP) is 3.65. The van der Waals surface area contributed by atoms with Gasteiger partial charge in [-0.25, -0.2) is 8.42 Å². The molecule has 5 nitrogen and oxygen atoms in total. The van der Waals surface area contributed by atoms with Gasteiger partial charge in [0.2, 0.25) is 10.0 Å². The third-order valence-electron chi connectivity index (χ3n) is 4.61. The Morgan fingerprint density at radius 1 is 0.962 bits per heavy atom. The van der Waals surface area contributed by atoms with Crippen molar-refractivity contribution in [3.8, 4) is 0 Å². The molecule has 0 bridgehead atoms. The fourth-order valence-corrected chi connectivity index (χ4v) is 5.10. The zero-order chi connectivity index (χ0) is 18.9. The van der Waals surface area contributed by atoms with E-state index in [9.17, 15) is 13.2 Å². The Balaban J connectivity index is 1.90. The molecular formula is C20H24N2O3S. The summed E-state index contributed by atoms with van der Waals surface area (Å²) in [6.45, 7) is 6.78. The van der Waals surface area contributed by atoms with Crippen molar-refractivity contribution < 1.29 is 13.2 Å². The van der Waals surface area contributed by atoms with E-state index in [0.29, 0.717) is 29.9 Å². The summed E-state index contributed by atoms with van der Waals surface area (Å²) >= 11 is 0. The number of amides is 1. The molecule has 2 aromatic rings. The van der Waals surface area contributed by atoms with Gasteiger partial charge in [0.1, 0.15) is 0 Å². The summed E-state index contributed by atoms with van der Waals surface area (Å²) in [5.41, 5.74) is 3.81. The molecule has 0 unspecified atom stereocenters. The van der Waals surface area contributed by atoms with Crippen LogP contribution in [-0.4, -0.2) is 31.7 Å². The number of hydrogen-bond donors (Lipinski definition) is 1. The quantitative estimate of drug-likeness (QED) is 0.891. The Kier molecular flexibility index (Phi) is 5.16. The Morgan fingerprint density at radius 2 is 1.58 bits per heavy atom. The van der Waals surface area contributed by atoms with Gasteiger partial charge >= 0.3 is 0 Å². The summed E-state index contributed by atoms with van der Waals surface area (Å²) < 4.78 is 27.2. The lowest BCUT2D eigenvalue weighted by Crippen LogP contribution is -2.28. The molecule has 1 N–H and O–H groups in total. The number of rotatable bonds is 4. The van der Waals surface area contributed by atoms with Crippen LogP contribution in [-0.2, 0) is 10.0 Å². The van der Waals surface area contributed by atoms with Gasteiger partial charge in [-0.3, -0.25) is 4.79 Å². The second-order valence-electron chi connectivity index (χ2n) is 6.92. The van der Waals surface area contributed by atoms with Gasteiger partial charge in [0, 0.05) is 24.3 Å². The van der Waals surface area contributed by atoms with E-state index in [1.165, 1.54) is 10.4 Å². The third kappa shape index (κ3) is 3.81. The van der Waals surface area contributed by atoms with Gasteiger partial charge in [-0.1, -0.05) is 12.1 Å². The van der Waals surface area contributed by atoms with Crippen molar-refractivity contribution >= 4 is 21.6 Å².